The fourth-order valence-electron chi connectivity index (χ4n) is 4.24. The number of ether oxygens (including phenoxy) is 6. The molecule has 3 unspecified atom stereocenters. The third-order valence-electron chi connectivity index (χ3n) is 6.35. The Labute approximate surface area is 218 Å². The zero-order valence-corrected chi connectivity index (χ0v) is 23.3. The summed E-state index contributed by atoms with van der Waals surface area (Å²) in [6.07, 6.45) is 6.25. The summed E-state index contributed by atoms with van der Waals surface area (Å²) >= 11 is 0. The van der Waals surface area contributed by atoms with E-state index >= 15 is 0 Å². The van der Waals surface area contributed by atoms with Gasteiger partial charge in [0.15, 0.2) is 5.60 Å². The number of Topliss-reactive ketones (excluding diaryl/α,β-unsaturated/α-hetero) is 1. The number of rotatable bonds is 21. The Balaban J connectivity index is 3.53. The first kappa shape index (κ1) is 32.7. The van der Waals surface area contributed by atoms with Crippen molar-refractivity contribution in [1.29, 1.82) is 0 Å². The molecule has 1 aliphatic heterocycles. The number of methoxy groups -OCH3 is 1. The van der Waals surface area contributed by atoms with Crippen molar-refractivity contribution in [1.82, 2.24) is 0 Å². The number of unbranched alkanes of at least 4 members (excludes halogenated alkanes) is 4. The van der Waals surface area contributed by atoms with Gasteiger partial charge in [-0.15, -0.1) is 6.58 Å². The van der Waals surface area contributed by atoms with Gasteiger partial charge in [-0.2, -0.15) is 0 Å². The van der Waals surface area contributed by atoms with Crippen molar-refractivity contribution >= 4 is 11.8 Å². The van der Waals surface area contributed by atoms with E-state index in [9.17, 15) is 9.59 Å². The maximum absolute atomic E-state index is 13.6. The highest BCUT2D eigenvalue weighted by atomic mass is 16.6. The van der Waals surface area contributed by atoms with Crippen molar-refractivity contribution < 1.29 is 38.0 Å². The van der Waals surface area contributed by atoms with Crippen LogP contribution in [0.1, 0.15) is 85.5 Å². The van der Waals surface area contributed by atoms with E-state index in [-0.39, 0.29) is 13.0 Å². The van der Waals surface area contributed by atoms with Crippen molar-refractivity contribution in [3.05, 3.63) is 12.7 Å². The topological polar surface area (TPSA) is 89.5 Å². The van der Waals surface area contributed by atoms with E-state index in [1.165, 1.54) is 7.11 Å². The molecule has 1 aliphatic rings. The van der Waals surface area contributed by atoms with E-state index < -0.39 is 41.8 Å². The first-order valence-electron chi connectivity index (χ1n) is 13.8. The number of carbonyl (C=O) groups is 2. The summed E-state index contributed by atoms with van der Waals surface area (Å²) in [4.78, 5) is 26.2. The molecule has 1 heterocycles. The van der Waals surface area contributed by atoms with Gasteiger partial charge < -0.3 is 28.4 Å². The summed E-state index contributed by atoms with van der Waals surface area (Å²) in [5.41, 5.74) is -1.65. The molecule has 0 spiro atoms. The lowest BCUT2D eigenvalue weighted by Gasteiger charge is -2.51. The predicted octanol–water partition coefficient (Wildman–Crippen LogP) is 4.81. The zero-order valence-electron chi connectivity index (χ0n) is 23.3. The van der Waals surface area contributed by atoms with E-state index in [1.54, 1.807) is 6.08 Å². The van der Waals surface area contributed by atoms with Gasteiger partial charge in [0.25, 0.3) is 5.78 Å². The highest BCUT2D eigenvalue weighted by Crippen LogP contribution is 2.39. The van der Waals surface area contributed by atoms with E-state index in [0.717, 1.165) is 51.4 Å². The van der Waals surface area contributed by atoms with E-state index in [4.69, 9.17) is 28.4 Å². The molecule has 0 radical (unpaired) electrons. The number of carbonyl (C=O) groups excluding carboxylic acids is 2. The quantitative estimate of drug-likeness (QED) is 0.0933. The number of hydrogen-bond acceptors (Lipinski definition) is 8. The van der Waals surface area contributed by atoms with Gasteiger partial charge >= 0.3 is 5.97 Å². The second kappa shape index (κ2) is 18.9. The van der Waals surface area contributed by atoms with Gasteiger partial charge in [-0.25, -0.2) is 4.79 Å². The standard InChI is InChI=1S/C28H50O8/c1-7-12-17-32-21-22-23(33-18-13-8-2)24(34-19-14-9-3)26(35-20-15-10-4)28(36-22,16-11-5)25(29)27(30)31-6/h11,22-24,26H,5,7-10,12-21H2,1-4,6H3/t22?,23-,24?,26?,28+/m1/s1. The van der Waals surface area contributed by atoms with Crippen LogP contribution in [-0.4, -0.2) is 81.9 Å². The molecule has 8 heteroatoms. The summed E-state index contributed by atoms with van der Waals surface area (Å²) in [5, 5.41) is 0. The summed E-state index contributed by atoms with van der Waals surface area (Å²) in [7, 11) is 1.19. The van der Waals surface area contributed by atoms with Gasteiger partial charge in [0.1, 0.15) is 24.4 Å². The molecular formula is C28H50O8. The van der Waals surface area contributed by atoms with Crippen molar-refractivity contribution in [2.75, 3.05) is 40.1 Å². The molecule has 0 amide bonds. The molecule has 210 valence electrons. The molecular weight excluding hydrogens is 464 g/mol. The molecule has 0 N–H and O–H groups in total. The minimum absolute atomic E-state index is 0.0680. The molecule has 1 saturated heterocycles. The van der Waals surface area contributed by atoms with Crippen LogP contribution < -0.4 is 0 Å². The van der Waals surface area contributed by atoms with Gasteiger partial charge in [0.05, 0.1) is 13.7 Å². The predicted molar refractivity (Wildman–Crippen MR) is 139 cm³/mol. The van der Waals surface area contributed by atoms with Crippen molar-refractivity contribution in [2.45, 2.75) is 115 Å². The Kier molecular flexibility index (Phi) is 17.1. The van der Waals surface area contributed by atoms with Crippen LogP contribution in [0.25, 0.3) is 0 Å². The molecule has 8 nitrogen and oxygen atoms in total. The second-order valence-electron chi connectivity index (χ2n) is 9.31. The maximum atomic E-state index is 13.6. The lowest BCUT2D eigenvalue weighted by atomic mass is 9.78. The highest BCUT2D eigenvalue weighted by molar-refractivity contribution is 6.37. The van der Waals surface area contributed by atoms with Crippen LogP contribution in [0.4, 0.5) is 0 Å². The summed E-state index contributed by atoms with van der Waals surface area (Å²) < 4.78 is 36.4. The zero-order chi connectivity index (χ0) is 26.8. The van der Waals surface area contributed by atoms with Crippen molar-refractivity contribution in [2.24, 2.45) is 0 Å². The molecule has 0 bridgehead atoms. The summed E-state index contributed by atoms with van der Waals surface area (Å²) in [6, 6.07) is 0. The SMILES string of the molecule is C=CC[C@@]1(C(=O)C(=O)OC)OC(COCCCC)[C@@H](OCCCC)C(OCCCC)C1OCCCC. The number of esters is 1. The summed E-state index contributed by atoms with van der Waals surface area (Å²) in [6.45, 7) is 14.4. The Morgan fingerprint density at radius 1 is 0.833 bits per heavy atom. The third-order valence-corrected chi connectivity index (χ3v) is 6.35. The number of ketones is 1. The van der Waals surface area contributed by atoms with Crippen LogP contribution in [-0.2, 0) is 38.0 Å². The van der Waals surface area contributed by atoms with Crippen molar-refractivity contribution in [3.63, 3.8) is 0 Å². The average Bonchev–Trinajstić information content (AvgIpc) is 2.88. The van der Waals surface area contributed by atoms with E-state index in [0.29, 0.717) is 26.4 Å². The van der Waals surface area contributed by atoms with Gasteiger partial charge in [0, 0.05) is 32.8 Å². The van der Waals surface area contributed by atoms with Crippen LogP contribution in [0.3, 0.4) is 0 Å². The monoisotopic (exact) mass is 514 g/mol. The van der Waals surface area contributed by atoms with E-state index in [2.05, 4.69) is 34.3 Å². The molecule has 0 aromatic heterocycles. The maximum Gasteiger partial charge on any atom is 0.377 e. The molecule has 36 heavy (non-hydrogen) atoms. The highest BCUT2D eigenvalue weighted by Gasteiger charge is 2.61. The molecule has 1 rings (SSSR count). The van der Waals surface area contributed by atoms with Gasteiger partial charge in [0.2, 0.25) is 0 Å². The first-order valence-corrected chi connectivity index (χ1v) is 13.8. The van der Waals surface area contributed by atoms with Gasteiger partial charge in [-0.3, -0.25) is 4.79 Å². The first-order chi connectivity index (χ1) is 17.5. The fraction of sp³-hybridized carbons (Fsp3) is 0.857. The largest absolute Gasteiger partial charge is 0.463 e. The smallest absolute Gasteiger partial charge is 0.377 e. The lowest BCUT2D eigenvalue weighted by Crippen LogP contribution is -2.70. The molecule has 0 aliphatic carbocycles. The second-order valence-corrected chi connectivity index (χ2v) is 9.31. The Bertz CT molecular complexity index is 625. The Hall–Kier alpha value is -1.32. The number of hydrogen-bond donors (Lipinski definition) is 0. The van der Waals surface area contributed by atoms with Crippen LogP contribution >= 0.6 is 0 Å². The molecule has 0 saturated carbocycles. The van der Waals surface area contributed by atoms with E-state index in [1.807, 2.05) is 0 Å². The minimum Gasteiger partial charge on any atom is -0.463 e. The Morgan fingerprint density at radius 2 is 1.36 bits per heavy atom. The minimum atomic E-state index is -1.65. The molecule has 0 aromatic carbocycles. The lowest BCUT2D eigenvalue weighted by molar-refractivity contribution is -0.292. The van der Waals surface area contributed by atoms with Crippen molar-refractivity contribution in [3.8, 4) is 0 Å². The van der Waals surface area contributed by atoms with Crippen LogP contribution in [0.5, 0.6) is 0 Å². The summed E-state index contributed by atoms with van der Waals surface area (Å²) in [5.74, 6) is -1.79. The third kappa shape index (κ3) is 9.53. The fourth-order valence-corrected chi connectivity index (χ4v) is 4.24. The Morgan fingerprint density at radius 3 is 1.89 bits per heavy atom. The van der Waals surface area contributed by atoms with Crippen LogP contribution in [0, 0.1) is 0 Å². The van der Waals surface area contributed by atoms with Gasteiger partial charge in [-0.05, 0) is 25.7 Å². The average molecular weight is 515 g/mol. The normalized spacial score (nSPS) is 26.0. The molecule has 0 aromatic rings. The van der Waals surface area contributed by atoms with Crippen LogP contribution in [0.15, 0.2) is 12.7 Å². The van der Waals surface area contributed by atoms with Gasteiger partial charge in [-0.1, -0.05) is 59.5 Å². The molecule has 1 fully saturated rings. The van der Waals surface area contributed by atoms with Crippen LogP contribution in [0.2, 0.25) is 0 Å². The molecule has 5 atom stereocenters.